The molecule has 2 saturated carbocycles. The second-order valence-electron chi connectivity index (χ2n) is 7.25. The first-order chi connectivity index (χ1) is 12.6. The van der Waals surface area contributed by atoms with Crippen LogP contribution >= 0.6 is 0 Å². The molecule has 0 atom stereocenters. The zero-order valence-electron chi connectivity index (χ0n) is 14.3. The Balaban J connectivity index is 1.52. The maximum absolute atomic E-state index is 13.0. The highest BCUT2D eigenvalue weighted by atomic mass is 19.3. The molecule has 26 heavy (non-hydrogen) atoms. The molecule has 2 heterocycles. The van der Waals surface area contributed by atoms with E-state index in [0.29, 0.717) is 11.7 Å². The summed E-state index contributed by atoms with van der Waals surface area (Å²) in [5.74, 6) is 1.46. The highest BCUT2D eigenvalue weighted by molar-refractivity contribution is 5.51. The average molecular weight is 356 g/mol. The third-order valence-corrected chi connectivity index (χ3v) is 5.46. The molecule has 2 aliphatic carbocycles. The van der Waals surface area contributed by atoms with Gasteiger partial charge in [0.25, 0.3) is 12.3 Å². The van der Waals surface area contributed by atoms with Gasteiger partial charge in [-0.15, -0.1) is 0 Å². The molecule has 2 fully saturated rings. The highest BCUT2D eigenvalue weighted by Crippen LogP contribution is 2.56. The van der Waals surface area contributed by atoms with Gasteiger partial charge < -0.3 is 4.52 Å². The first-order valence-corrected chi connectivity index (χ1v) is 8.84. The molecule has 5 rings (SSSR count). The monoisotopic (exact) mass is 356 g/mol. The first-order valence-electron chi connectivity index (χ1n) is 8.84. The van der Waals surface area contributed by atoms with Crippen LogP contribution in [0, 0.1) is 0 Å². The number of rotatable bonds is 5. The lowest BCUT2D eigenvalue weighted by Crippen LogP contribution is -2.13. The molecule has 5 nitrogen and oxygen atoms in total. The Hall–Kier alpha value is -2.57. The Bertz CT molecular complexity index is 970. The van der Waals surface area contributed by atoms with Crippen LogP contribution in [0.25, 0.3) is 11.6 Å². The van der Waals surface area contributed by atoms with Crippen LogP contribution in [0.1, 0.15) is 60.7 Å². The molecule has 0 aliphatic heterocycles. The van der Waals surface area contributed by atoms with E-state index in [1.807, 2.05) is 0 Å². The molecular formula is C19H18F2N4O. The van der Waals surface area contributed by atoms with Gasteiger partial charge in [0.1, 0.15) is 5.69 Å². The lowest BCUT2D eigenvalue weighted by atomic mass is 9.88. The Morgan fingerprint density at radius 3 is 2.65 bits per heavy atom. The number of nitrogens with zero attached hydrogens (tertiary/aromatic N) is 4. The first kappa shape index (κ1) is 15.7. The second-order valence-corrected chi connectivity index (χ2v) is 7.25. The van der Waals surface area contributed by atoms with Crippen molar-refractivity contribution in [3.8, 4) is 11.6 Å². The third kappa shape index (κ3) is 2.37. The molecule has 2 aromatic heterocycles. The van der Waals surface area contributed by atoms with Gasteiger partial charge in [0.15, 0.2) is 11.5 Å². The number of benzene rings is 1. The lowest BCUT2D eigenvalue weighted by molar-refractivity contribution is 0.141. The van der Waals surface area contributed by atoms with Gasteiger partial charge in [-0.2, -0.15) is 10.1 Å². The van der Waals surface area contributed by atoms with Crippen molar-refractivity contribution < 1.29 is 13.3 Å². The number of halogens is 2. The van der Waals surface area contributed by atoms with Crippen molar-refractivity contribution in [2.45, 2.75) is 43.4 Å². The zero-order valence-corrected chi connectivity index (χ0v) is 14.3. The molecule has 0 bridgehead atoms. The molecule has 7 heteroatoms. The highest BCUT2D eigenvalue weighted by Gasteiger charge is 2.52. The Morgan fingerprint density at radius 2 is 2.00 bits per heavy atom. The van der Waals surface area contributed by atoms with Crippen molar-refractivity contribution in [2.24, 2.45) is 7.05 Å². The number of aryl methyl sites for hydroxylation is 1. The van der Waals surface area contributed by atoms with Gasteiger partial charge in [-0.1, -0.05) is 29.4 Å². The van der Waals surface area contributed by atoms with Crippen molar-refractivity contribution >= 4 is 0 Å². The summed E-state index contributed by atoms with van der Waals surface area (Å²) in [6, 6.07) is 9.79. The molecule has 3 aromatic rings. The fraction of sp³-hybridized carbons (Fsp3) is 0.421. The van der Waals surface area contributed by atoms with E-state index in [1.165, 1.54) is 37.1 Å². The summed E-state index contributed by atoms with van der Waals surface area (Å²) in [4.78, 5) is 4.53. The minimum absolute atomic E-state index is 0.167. The summed E-state index contributed by atoms with van der Waals surface area (Å²) in [6.45, 7) is 0. The molecule has 1 aromatic carbocycles. The van der Waals surface area contributed by atoms with Crippen LogP contribution in [0.2, 0.25) is 0 Å². The van der Waals surface area contributed by atoms with E-state index in [9.17, 15) is 8.78 Å². The number of hydrogen-bond acceptors (Lipinski definition) is 4. The van der Waals surface area contributed by atoms with Crippen LogP contribution in [-0.4, -0.2) is 19.9 Å². The van der Waals surface area contributed by atoms with Crippen molar-refractivity contribution in [2.75, 3.05) is 0 Å². The Morgan fingerprint density at radius 1 is 1.23 bits per heavy atom. The number of aromatic nitrogens is 4. The maximum Gasteiger partial charge on any atom is 0.280 e. The van der Waals surface area contributed by atoms with Crippen molar-refractivity contribution in [3.63, 3.8) is 0 Å². The SMILES string of the molecule is Cn1nc(-c2nc(C3(c4ccccc4C4CC4)CC3)no2)cc1C(F)F. The topological polar surface area (TPSA) is 56.7 Å². The van der Waals surface area contributed by atoms with Gasteiger partial charge in [-0.25, -0.2) is 8.78 Å². The van der Waals surface area contributed by atoms with E-state index in [2.05, 4.69) is 39.5 Å². The third-order valence-electron chi connectivity index (χ3n) is 5.46. The lowest BCUT2D eigenvalue weighted by Gasteiger charge is -2.16. The zero-order chi connectivity index (χ0) is 17.9. The summed E-state index contributed by atoms with van der Waals surface area (Å²) in [5.41, 5.74) is 2.58. The predicted octanol–water partition coefficient (Wildman–Crippen LogP) is 4.37. The Kier molecular flexibility index (Phi) is 3.29. The molecule has 0 spiro atoms. The summed E-state index contributed by atoms with van der Waals surface area (Å²) in [7, 11) is 1.48. The van der Waals surface area contributed by atoms with Gasteiger partial charge >= 0.3 is 0 Å². The normalized spacial score (nSPS) is 18.5. The van der Waals surface area contributed by atoms with Crippen LogP contribution in [-0.2, 0) is 12.5 Å². The standard InChI is InChI=1S/C19H18F2N4O/c1-25-15(16(20)21)10-14(23-25)17-22-18(24-26-17)19(8-9-19)13-5-3-2-4-12(13)11-6-7-11/h2-5,10-11,16H,6-9H2,1H3. The quantitative estimate of drug-likeness (QED) is 0.681. The van der Waals surface area contributed by atoms with E-state index in [1.54, 1.807) is 0 Å². The van der Waals surface area contributed by atoms with E-state index in [4.69, 9.17) is 4.52 Å². The van der Waals surface area contributed by atoms with E-state index < -0.39 is 6.43 Å². The summed E-state index contributed by atoms with van der Waals surface area (Å²) in [5, 5.41) is 8.27. The fourth-order valence-electron chi connectivity index (χ4n) is 3.73. The van der Waals surface area contributed by atoms with Crippen LogP contribution in [0.4, 0.5) is 8.78 Å². The van der Waals surface area contributed by atoms with Gasteiger partial charge in [-0.3, -0.25) is 4.68 Å². The molecule has 134 valence electrons. The largest absolute Gasteiger partial charge is 0.332 e. The molecule has 0 amide bonds. The second kappa shape index (κ2) is 5.46. The summed E-state index contributed by atoms with van der Waals surface area (Å²) >= 11 is 0. The van der Waals surface area contributed by atoms with Crippen LogP contribution < -0.4 is 0 Å². The van der Waals surface area contributed by atoms with E-state index in [-0.39, 0.29) is 22.7 Å². The average Bonchev–Trinajstić information content (AvgIpc) is 3.55. The summed E-state index contributed by atoms with van der Waals surface area (Å²) < 4.78 is 32.5. The minimum Gasteiger partial charge on any atom is -0.332 e. The van der Waals surface area contributed by atoms with Crippen molar-refractivity contribution in [1.82, 2.24) is 19.9 Å². The van der Waals surface area contributed by atoms with Crippen LogP contribution in [0.3, 0.4) is 0 Å². The van der Waals surface area contributed by atoms with Gasteiger partial charge in [0.2, 0.25) is 0 Å². The van der Waals surface area contributed by atoms with E-state index in [0.717, 1.165) is 17.5 Å². The maximum atomic E-state index is 13.0. The van der Waals surface area contributed by atoms with Gasteiger partial charge in [0, 0.05) is 7.05 Å². The minimum atomic E-state index is -2.59. The predicted molar refractivity (Wildman–Crippen MR) is 89.9 cm³/mol. The molecule has 0 saturated heterocycles. The van der Waals surface area contributed by atoms with E-state index >= 15 is 0 Å². The van der Waals surface area contributed by atoms with Gasteiger partial charge in [0.05, 0.1) is 5.41 Å². The smallest absolute Gasteiger partial charge is 0.280 e. The molecule has 0 unspecified atom stereocenters. The summed E-state index contributed by atoms with van der Waals surface area (Å²) in [6.07, 6.45) is 1.81. The number of hydrogen-bond donors (Lipinski definition) is 0. The van der Waals surface area contributed by atoms with Crippen LogP contribution in [0.15, 0.2) is 34.9 Å². The number of alkyl halides is 2. The van der Waals surface area contributed by atoms with Gasteiger partial charge in [-0.05, 0) is 48.8 Å². The fourth-order valence-corrected chi connectivity index (χ4v) is 3.73. The van der Waals surface area contributed by atoms with Crippen molar-refractivity contribution in [3.05, 3.63) is 53.0 Å². The van der Waals surface area contributed by atoms with Crippen molar-refractivity contribution in [1.29, 1.82) is 0 Å². The van der Waals surface area contributed by atoms with Crippen LogP contribution in [0.5, 0.6) is 0 Å². The Labute approximate surface area is 149 Å². The molecule has 0 N–H and O–H groups in total. The molecular weight excluding hydrogens is 338 g/mol. The molecule has 0 radical (unpaired) electrons. The molecule has 2 aliphatic rings.